The Morgan fingerprint density at radius 1 is 1.40 bits per heavy atom. The molecule has 7 heteroatoms. The first kappa shape index (κ1) is 14.4. The van der Waals surface area contributed by atoms with Crippen LogP contribution in [-0.2, 0) is 4.79 Å². The molecule has 1 heterocycles. The van der Waals surface area contributed by atoms with Gasteiger partial charge in [0, 0.05) is 18.7 Å². The Morgan fingerprint density at radius 2 is 2.05 bits per heavy atom. The van der Waals surface area contributed by atoms with Crippen molar-refractivity contribution in [3.63, 3.8) is 0 Å². The lowest BCUT2D eigenvalue weighted by atomic mass is 10.2. The van der Waals surface area contributed by atoms with E-state index in [1.165, 1.54) is 28.8 Å². The molecular weight excluding hydrogens is 296 g/mol. The van der Waals surface area contributed by atoms with Gasteiger partial charge in [-0.15, -0.1) is 6.58 Å². The van der Waals surface area contributed by atoms with E-state index in [1.807, 2.05) is 0 Å². The van der Waals surface area contributed by atoms with Gasteiger partial charge in [0.25, 0.3) is 11.6 Å². The van der Waals surface area contributed by atoms with Crippen LogP contribution in [0.5, 0.6) is 0 Å². The van der Waals surface area contributed by atoms with Crippen molar-refractivity contribution in [3.05, 3.63) is 57.5 Å². The van der Waals surface area contributed by atoms with Gasteiger partial charge in [0.05, 0.1) is 9.83 Å². The maximum atomic E-state index is 12.1. The Morgan fingerprint density at radius 3 is 2.60 bits per heavy atom. The highest BCUT2D eigenvalue weighted by atomic mass is 32.2. The molecule has 1 aliphatic rings. The molecule has 0 aromatic heterocycles. The van der Waals surface area contributed by atoms with E-state index in [2.05, 4.69) is 6.58 Å². The van der Waals surface area contributed by atoms with E-state index in [0.717, 1.165) is 5.56 Å². The fraction of sp³-hybridized carbons (Fsp3) is 0.0769. The third kappa shape index (κ3) is 2.94. The van der Waals surface area contributed by atoms with Crippen LogP contribution >= 0.6 is 24.0 Å². The molecule has 0 aliphatic carbocycles. The lowest BCUT2D eigenvalue weighted by Crippen LogP contribution is -2.27. The summed E-state index contributed by atoms with van der Waals surface area (Å²) in [6.07, 6.45) is 3.28. The van der Waals surface area contributed by atoms with E-state index in [9.17, 15) is 14.9 Å². The molecule has 1 fully saturated rings. The Bertz CT molecular complexity index is 623. The van der Waals surface area contributed by atoms with Crippen molar-refractivity contribution in [1.29, 1.82) is 0 Å². The summed E-state index contributed by atoms with van der Waals surface area (Å²) in [4.78, 5) is 24.1. The molecule has 0 unspecified atom stereocenters. The van der Waals surface area contributed by atoms with E-state index in [-0.39, 0.29) is 11.6 Å². The summed E-state index contributed by atoms with van der Waals surface area (Å²) in [6.45, 7) is 3.96. The Kier molecular flexibility index (Phi) is 4.31. The molecule has 0 bridgehead atoms. The molecule has 1 saturated heterocycles. The molecule has 0 saturated carbocycles. The third-order valence-corrected chi connectivity index (χ3v) is 3.96. The van der Waals surface area contributed by atoms with Crippen LogP contribution in [-0.4, -0.2) is 26.6 Å². The minimum Gasteiger partial charge on any atom is -0.289 e. The lowest BCUT2D eigenvalue weighted by molar-refractivity contribution is -0.384. The summed E-state index contributed by atoms with van der Waals surface area (Å²) in [6, 6.07) is 5.99. The molecule has 5 nitrogen and oxygen atoms in total. The number of thiocarbonyl (C=S) groups is 1. The van der Waals surface area contributed by atoms with E-state index < -0.39 is 4.92 Å². The topological polar surface area (TPSA) is 63.5 Å². The fourth-order valence-corrected chi connectivity index (χ4v) is 2.91. The number of nitro groups is 1. The second kappa shape index (κ2) is 5.98. The van der Waals surface area contributed by atoms with Crippen LogP contribution in [0.25, 0.3) is 6.08 Å². The van der Waals surface area contributed by atoms with Crippen LogP contribution in [0.4, 0.5) is 5.69 Å². The first-order chi connectivity index (χ1) is 9.52. The second-order valence-corrected chi connectivity index (χ2v) is 5.61. The normalized spacial score (nSPS) is 16.8. The minimum atomic E-state index is -0.465. The highest BCUT2D eigenvalue weighted by Crippen LogP contribution is 2.32. The molecule has 0 radical (unpaired) electrons. The maximum Gasteiger partial charge on any atom is 0.269 e. The van der Waals surface area contributed by atoms with Crippen molar-refractivity contribution >= 4 is 46.0 Å². The van der Waals surface area contributed by atoms with Crippen molar-refractivity contribution in [2.45, 2.75) is 0 Å². The number of non-ortho nitro benzene ring substituents is 1. The molecule has 1 aliphatic heterocycles. The van der Waals surface area contributed by atoms with Gasteiger partial charge in [-0.25, -0.2) is 0 Å². The van der Waals surface area contributed by atoms with Crippen molar-refractivity contribution in [2.75, 3.05) is 6.54 Å². The van der Waals surface area contributed by atoms with E-state index in [1.54, 1.807) is 24.3 Å². The number of rotatable bonds is 4. The fourth-order valence-electron chi connectivity index (χ4n) is 1.63. The van der Waals surface area contributed by atoms with E-state index in [0.29, 0.717) is 15.8 Å². The largest absolute Gasteiger partial charge is 0.289 e. The summed E-state index contributed by atoms with van der Waals surface area (Å²) in [5, 5.41) is 10.6. The molecule has 1 aromatic carbocycles. The number of thioether (sulfide) groups is 1. The van der Waals surface area contributed by atoms with Gasteiger partial charge in [0.1, 0.15) is 4.32 Å². The van der Waals surface area contributed by atoms with Crippen LogP contribution in [0, 0.1) is 10.1 Å². The van der Waals surface area contributed by atoms with Crippen LogP contribution in [0.2, 0.25) is 0 Å². The summed E-state index contributed by atoms with van der Waals surface area (Å²) in [7, 11) is 0. The van der Waals surface area contributed by atoms with E-state index in [4.69, 9.17) is 12.2 Å². The number of nitro benzene ring substituents is 1. The molecule has 1 aromatic rings. The number of hydrogen-bond acceptors (Lipinski definition) is 5. The standard InChI is InChI=1S/C13H10N2O3S2/c1-2-7-14-12(16)11(20-13(14)19)8-9-3-5-10(6-4-9)15(17)18/h2-6,8H,1,7H2/b11-8+. The zero-order chi connectivity index (χ0) is 14.7. The molecule has 0 atom stereocenters. The second-order valence-electron chi connectivity index (χ2n) is 3.93. The van der Waals surface area contributed by atoms with Gasteiger partial charge in [0.2, 0.25) is 0 Å². The highest BCUT2D eigenvalue weighted by Gasteiger charge is 2.30. The number of hydrogen-bond donors (Lipinski definition) is 0. The first-order valence-electron chi connectivity index (χ1n) is 5.63. The Labute approximate surface area is 125 Å². The zero-order valence-corrected chi connectivity index (χ0v) is 11.9. The van der Waals surface area contributed by atoms with Gasteiger partial charge in [0.15, 0.2) is 0 Å². The van der Waals surface area contributed by atoms with Gasteiger partial charge in [-0.3, -0.25) is 19.8 Å². The molecular formula is C13H10N2O3S2. The van der Waals surface area contributed by atoms with Crippen LogP contribution in [0.1, 0.15) is 5.56 Å². The Hall–Kier alpha value is -1.99. The highest BCUT2D eigenvalue weighted by molar-refractivity contribution is 8.26. The molecule has 0 N–H and O–H groups in total. The third-order valence-electron chi connectivity index (χ3n) is 2.59. The Balaban J connectivity index is 2.23. The lowest BCUT2D eigenvalue weighted by Gasteiger charge is -2.10. The number of carbonyl (C=O) groups excluding carboxylic acids is 1. The molecule has 2 rings (SSSR count). The summed E-state index contributed by atoms with van der Waals surface area (Å²) in [5.41, 5.74) is 0.732. The average molecular weight is 306 g/mol. The number of carbonyl (C=O) groups is 1. The van der Waals surface area contributed by atoms with Crippen molar-refractivity contribution in [2.24, 2.45) is 0 Å². The number of benzene rings is 1. The van der Waals surface area contributed by atoms with E-state index >= 15 is 0 Å². The molecule has 102 valence electrons. The van der Waals surface area contributed by atoms with Crippen LogP contribution in [0.15, 0.2) is 41.8 Å². The van der Waals surface area contributed by atoms with Crippen LogP contribution in [0.3, 0.4) is 0 Å². The van der Waals surface area contributed by atoms with Crippen molar-refractivity contribution < 1.29 is 9.72 Å². The predicted molar refractivity (Wildman–Crippen MR) is 83.2 cm³/mol. The van der Waals surface area contributed by atoms with Crippen molar-refractivity contribution in [1.82, 2.24) is 4.90 Å². The van der Waals surface area contributed by atoms with Gasteiger partial charge in [-0.05, 0) is 23.8 Å². The summed E-state index contributed by atoms with van der Waals surface area (Å²) in [5.74, 6) is -0.168. The number of amides is 1. The van der Waals surface area contributed by atoms with Gasteiger partial charge < -0.3 is 0 Å². The minimum absolute atomic E-state index is 0.0151. The molecule has 20 heavy (non-hydrogen) atoms. The van der Waals surface area contributed by atoms with Crippen molar-refractivity contribution in [3.8, 4) is 0 Å². The average Bonchev–Trinajstić information content (AvgIpc) is 2.67. The van der Waals surface area contributed by atoms with Gasteiger partial charge >= 0.3 is 0 Å². The number of nitrogens with zero attached hydrogens (tertiary/aromatic N) is 2. The monoisotopic (exact) mass is 306 g/mol. The van der Waals surface area contributed by atoms with Gasteiger partial charge in [-0.1, -0.05) is 30.1 Å². The molecule has 0 spiro atoms. The maximum absolute atomic E-state index is 12.1. The quantitative estimate of drug-likeness (QED) is 0.281. The SMILES string of the molecule is C=CCN1C(=O)/C(=C\c2ccc([N+](=O)[O-])cc2)SC1=S. The summed E-state index contributed by atoms with van der Waals surface area (Å²) >= 11 is 6.34. The summed E-state index contributed by atoms with van der Waals surface area (Å²) < 4.78 is 0.489. The smallest absolute Gasteiger partial charge is 0.269 e. The van der Waals surface area contributed by atoms with Crippen LogP contribution < -0.4 is 0 Å². The zero-order valence-electron chi connectivity index (χ0n) is 10.3. The first-order valence-corrected chi connectivity index (χ1v) is 6.86. The molecule has 1 amide bonds. The predicted octanol–water partition coefficient (Wildman–Crippen LogP) is 2.98. The van der Waals surface area contributed by atoms with Gasteiger partial charge in [-0.2, -0.15) is 0 Å².